The smallest absolute Gasteiger partial charge is 0.504 e. The summed E-state index contributed by atoms with van der Waals surface area (Å²) in [7, 11) is 0. The minimum atomic E-state index is -4.94. The van der Waals surface area contributed by atoms with E-state index in [1.54, 1.807) is 24.3 Å². The lowest BCUT2D eigenvalue weighted by atomic mass is 10.1. The number of nitrogens with zero attached hydrogens (tertiary/aromatic N) is 2. The molecule has 168 valence electrons. The van der Waals surface area contributed by atoms with Crippen LogP contribution in [0.25, 0.3) is 28.7 Å². The Balaban J connectivity index is 1.91. The minimum Gasteiger partial charge on any atom is -0.504 e. The molecule has 1 N–H and O–H groups in total. The third-order valence-electron chi connectivity index (χ3n) is 5.13. The van der Waals surface area contributed by atoms with Gasteiger partial charge in [0.2, 0.25) is 0 Å². The molecule has 4 rings (SSSR count). The first kappa shape index (κ1) is 22.1. The molecule has 1 aromatic heterocycles. The summed E-state index contributed by atoms with van der Waals surface area (Å²) in [6.07, 6.45) is -2.08. The molecule has 0 aliphatic heterocycles. The summed E-state index contributed by atoms with van der Waals surface area (Å²) in [5, 5.41) is 10.7. The summed E-state index contributed by atoms with van der Waals surface area (Å²) in [6.45, 7) is 3.75. The van der Waals surface area contributed by atoms with E-state index in [2.05, 4.69) is 9.72 Å². The molecule has 3 aromatic carbocycles. The summed E-state index contributed by atoms with van der Waals surface area (Å²) < 4.78 is 43.2. The molecule has 1 heterocycles. The van der Waals surface area contributed by atoms with Gasteiger partial charge in [-0.2, -0.15) is 0 Å². The number of hydrogen-bond acceptors (Lipinski definition) is 4. The first-order valence-corrected chi connectivity index (χ1v) is 10.00. The molecule has 4 aromatic rings. The van der Waals surface area contributed by atoms with Crippen LogP contribution in [0, 0.1) is 13.8 Å². The molecule has 0 aliphatic carbocycles. The van der Waals surface area contributed by atoms with Gasteiger partial charge >= 0.3 is 6.36 Å². The highest BCUT2D eigenvalue weighted by Crippen LogP contribution is 2.35. The molecule has 0 saturated carbocycles. The predicted octanol–water partition coefficient (Wildman–Crippen LogP) is 5.78. The van der Waals surface area contributed by atoms with Crippen molar-refractivity contribution in [1.29, 1.82) is 0 Å². The molecule has 8 heteroatoms. The van der Waals surface area contributed by atoms with Gasteiger partial charge in [0.1, 0.15) is 5.82 Å². The predicted molar refractivity (Wildman–Crippen MR) is 121 cm³/mol. The van der Waals surface area contributed by atoms with Crippen molar-refractivity contribution < 1.29 is 23.0 Å². The van der Waals surface area contributed by atoms with Crippen molar-refractivity contribution in [3.05, 3.63) is 93.5 Å². The summed E-state index contributed by atoms with van der Waals surface area (Å²) in [5.41, 5.74) is 2.64. The second-order valence-corrected chi connectivity index (χ2v) is 7.44. The lowest BCUT2D eigenvalue weighted by molar-refractivity contribution is -0.275. The Kier molecular flexibility index (Phi) is 5.68. The highest BCUT2D eigenvalue weighted by molar-refractivity contribution is 5.81. The SMILES string of the molecule is Cc1cccc(C)c1-n1c(/C=C/c2cccc(OC(F)(F)F)c2O)nc2ccccc2c1=O. The summed E-state index contributed by atoms with van der Waals surface area (Å²) in [5.74, 6) is -1.13. The zero-order valence-corrected chi connectivity index (χ0v) is 17.7. The second-order valence-electron chi connectivity index (χ2n) is 7.44. The summed E-state index contributed by atoms with van der Waals surface area (Å²) in [4.78, 5) is 18.0. The molecular weight excluding hydrogens is 433 g/mol. The van der Waals surface area contributed by atoms with E-state index in [-0.39, 0.29) is 16.9 Å². The maximum atomic E-state index is 13.4. The van der Waals surface area contributed by atoms with Gasteiger partial charge in [-0.25, -0.2) is 4.98 Å². The van der Waals surface area contributed by atoms with Gasteiger partial charge in [-0.05, 0) is 55.3 Å². The van der Waals surface area contributed by atoms with Gasteiger partial charge in [-0.3, -0.25) is 9.36 Å². The largest absolute Gasteiger partial charge is 0.573 e. The molecule has 5 nitrogen and oxygen atoms in total. The van der Waals surface area contributed by atoms with Gasteiger partial charge in [0.05, 0.1) is 16.6 Å². The van der Waals surface area contributed by atoms with Crippen molar-refractivity contribution in [2.45, 2.75) is 20.2 Å². The van der Waals surface area contributed by atoms with Crippen LogP contribution in [-0.4, -0.2) is 21.0 Å². The Hall–Kier alpha value is -4.07. The number of fused-ring (bicyclic) bond motifs is 1. The fraction of sp³-hybridized carbons (Fsp3) is 0.120. The van der Waals surface area contributed by atoms with Crippen LogP contribution < -0.4 is 10.3 Å². The van der Waals surface area contributed by atoms with Gasteiger partial charge in [-0.1, -0.05) is 42.5 Å². The van der Waals surface area contributed by atoms with Crippen LogP contribution in [0.2, 0.25) is 0 Å². The van der Waals surface area contributed by atoms with E-state index < -0.39 is 17.9 Å². The number of phenolic OH excluding ortho intramolecular Hbond substituents is 1. The number of aromatic hydroxyl groups is 1. The van der Waals surface area contributed by atoms with Crippen LogP contribution in [0.5, 0.6) is 11.5 Å². The molecule has 33 heavy (non-hydrogen) atoms. The second kappa shape index (κ2) is 8.46. The molecule has 0 saturated heterocycles. The monoisotopic (exact) mass is 452 g/mol. The molecular formula is C25H19F3N2O3. The van der Waals surface area contributed by atoms with E-state index in [4.69, 9.17) is 0 Å². The summed E-state index contributed by atoms with van der Waals surface area (Å²) >= 11 is 0. The molecule has 0 bridgehead atoms. The van der Waals surface area contributed by atoms with Crippen molar-refractivity contribution in [3.8, 4) is 17.2 Å². The first-order valence-electron chi connectivity index (χ1n) is 10.00. The van der Waals surface area contributed by atoms with E-state index in [1.165, 1.54) is 28.9 Å². The van der Waals surface area contributed by atoms with E-state index in [1.807, 2.05) is 32.0 Å². The van der Waals surface area contributed by atoms with Crippen LogP contribution in [0.15, 0.2) is 65.5 Å². The molecule has 0 unspecified atom stereocenters. The quantitative estimate of drug-likeness (QED) is 0.427. The molecule has 0 amide bonds. The number of hydrogen-bond donors (Lipinski definition) is 1. The fourth-order valence-electron chi connectivity index (χ4n) is 3.68. The Morgan fingerprint density at radius 3 is 2.30 bits per heavy atom. The molecule has 0 fully saturated rings. The van der Waals surface area contributed by atoms with Crippen LogP contribution in [0.3, 0.4) is 0 Å². The first-order chi connectivity index (χ1) is 15.7. The number of alkyl halides is 3. The van der Waals surface area contributed by atoms with Crippen molar-refractivity contribution >= 4 is 23.1 Å². The molecule has 0 atom stereocenters. The lowest BCUT2D eigenvalue weighted by Gasteiger charge is -2.16. The average molecular weight is 452 g/mol. The van der Waals surface area contributed by atoms with Crippen molar-refractivity contribution in [3.63, 3.8) is 0 Å². The third kappa shape index (κ3) is 4.45. The zero-order chi connectivity index (χ0) is 23.8. The highest BCUT2D eigenvalue weighted by atomic mass is 19.4. The number of aryl methyl sites for hydroxylation is 2. The van der Waals surface area contributed by atoms with Crippen LogP contribution in [0.1, 0.15) is 22.5 Å². The van der Waals surface area contributed by atoms with Crippen molar-refractivity contribution in [2.75, 3.05) is 0 Å². The topological polar surface area (TPSA) is 64.3 Å². The van der Waals surface area contributed by atoms with Gasteiger partial charge in [-0.15, -0.1) is 13.2 Å². The Morgan fingerprint density at radius 1 is 0.939 bits per heavy atom. The Morgan fingerprint density at radius 2 is 1.61 bits per heavy atom. The third-order valence-corrected chi connectivity index (χ3v) is 5.13. The molecule has 0 radical (unpaired) electrons. The Labute approximate surface area is 187 Å². The number of halogens is 3. The van der Waals surface area contributed by atoms with Crippen LogP contribution in [-0.2, 0) is 0 Å². The van der Waals surface area contributed by atoms with E-state index in [0.717, 1.165) is 17.2 Å². The summed E-state index contributed by atoms with van der Waals surface area (Å²) in [6, 6.07) is 16.3. The van der Waals surface area contributed by atoms with E-state index in [9.17, 15) is 23.1 Å². The zero-order valence-electron chi connectivity index (χ0n) is 17.7. The van der Waals surface area contributed by atoms with E-state index in [0.29, 0.717) is 16.6 Å². The minimum absolute atomic E-state index is 0.0761. The maximum absolute atomic E-state index is 13.4. The van der Waals surface area contributed by atoms with Gasteiger partial charge in [0, 0.05) is 5.56 Å². The maximum Gasteiger partial charge on any atom is 0.573 e. The fourth-order valence-corrected chi connectivity index (χ4v) is 3.68. The van der Waals surface area contributed by atoms with Crippen molar-refractivity contribution in [2.24, 2.45) is 0 Å². The van der Waals surface area contributed by atoms with Crippen molar-refractivity contribution in [1.82, 2.24) is 9.55 Å². The number of aromatic nitrogens is 2. The number of ether oxygens (including phenoxy) is 1. The number of phenols is 1. The Bertz CT molecular complexity index is 1420. The number of para-hydroxylation sites is 3. The van der Waals surface area contributed by atoms with Gasteiger partial charge in [0.15, 0.2) is 11.5 Å². The number of benzene rings is 3. The molecule has 0 spiro atoms. The molecule has 0 aliphatic rings. The lowest BCUT2D eigenvalue weighted by Crippen LogP contribution is -2.23. The highest BCUT2D eigenvalue weighted by Gasteiger charge is 2.32. The van der Waals surface area contributed by atoms with Crippen LogP contribution in [0.4, 0.5) is 13.2 Å². The normalized spacial score (nSPS) is 11.9. The van der Waals surface area contributed by atoms with Crippen LogP contribution >= 0.6 is 0 Å². The van der Waals surface area contributed by atoms with E-state index >= 15 is 0 Å². The average Bonchev–Trinajstić information content (AvgIpc) is 2.75. The van der Waals surface area contributed by atoms with Gasteiger partial charge < -0.3 is 9.84 Å². The van der Waals surface area contributed by atoms with Gasteiger partial charge in [0.25, 0.3) is 5.56 Å². The standard InChI is InChI=1S/C25H19F3N2O3/c1-15-7-5-8-16(2)22(15)30-21(29-19-11-4-3-10-18(19)24(30)32)14-13-17-9-6-12-20(23(17)31)33-25(26,27)28/h3-14,31H,1-2H3/b14-13+. The number of rotatable bonds is 4.